The summed E-state index contributed by atoms with van der Waals surface area (Å²) in [4.78, 5) is 15.7. The van der Waals surface area contributed by atoms with Crippen molar-refractivity contribution >= 4 is 17.2 Å². The number of rotatable bonds is 5. The second kappa shape index (κ2) is 7.41. The van der Waals surface area contributed by atoms with E-state index in [1.807, 2.05) is 16.2 Å². The van der Waals surface area contributed by atoms with Gasteiger partial charge in [-0.2, -0.15) is 0 Å². The molecule has 1 fully saturated rings. The van der Waals surface area contributed by atoms with Gasteiger partial charge in [0.05, 0.1) is 6.54 Å². The van der Waals surface area contributed by atoms with Crippen LogP contribution in [-0.4, -0.2) is 30.4 Å². The second-order valence-electron chi connectivity index (χ2n) is 6.40. The molecule has 0 saturated heterocycles. The number of fused-ring (bicyclic) bond motifs is 1. The van der Waals surface area contributed by atoms with Gasteiger partial charge in [-0.05, 0) is 42.3 Å². The average molecular weight is 306 g/mol. The van der Waals surface area contributed by atoms with E-state index in [0.717, 1.165) is 32.0 Å². The highest BCUT2D eigenvalue weighted by atomic mass is 32.1. The Morgan fingerprint density at radius 1 is 1.33 bits per heavy atom. The maximum absolute atomic E-state index is 12.2. The van der Waals surface area contributed by atoms with Crippen LogP contribution < -0.4 is 5.32 Å². The fourth-order valence-corrected chi connectivity index (χ4v) is 4.44. The van der Waals surface area contributed by atoms with Gasteiger partial charge in [-0.25, -0.2) is 0 Å². The molecule has 1 aliphatic heterocycles. The molecule has 3 nitrogen and oxygen atoms in total. The molecule has 1 N–H and O–H groups in total. The minimum atomic E-state index is 0.260. The monoisotopic (exact) mass is 306 g/mol. The quantitative estimate of drug-likeness (QED) is 0.847. The third-order valence-electron chi connectivity index (χ3n) is 4.89. The van der Waals surface area contributed by atoms with E-state index in [1.165, 1.54) is 49.0 Å². The number of carbonyl (C=O) groups is 1. The third kappa shape index (κ3) is 4.07. The van der Waals surface area contributed by atoms with Crippen molar-refractivity contribution in [1.29, 1.82) is 0 Å². The van der Waals surface area contributed by atoms with E-state index in [0.29, 0.717) is 6.54 Å². The van der Waals surface area contributed by atoms with Crippen molar-refractivity contribution in [3.05, 3.63) is 21.9 Å². The van der Waals surface area contributed by atoms with Gasteiger partial charge in [-0.1, -0.05) is 32.1 Å². The fraction of sp³-hybridized carbons (Fsp3) is 0.706. The van der Waals surface area contributed by atoms with Crippen molar-refractivity contribution in [2.45, 2.75) is 51.5 Å². The lowest BCUT2D eigenvalue weighted by Gasteiger charge is -2.27. The van der Waals surface area contributed by atoms with Crippen molar-refractivity contribution in [2.75, 3.05) is 19.6 Å². The molecule has 1 aliphatic carbocycles. The molecule has 1 aromatic rings. The summed E-state index contributed by atoms with van der Waals surface area (Å²) in [5.74, 6) is 1.15. The molecule has 1 amide bonds. The number of amides is 1. The number of nitrogens with zero attached hydrogens (tertiary/aromatic N) is 1. The van der Waals surface area contributed by atoms with Crippen LogP contribution in [0.2, 0.25) is 0 Å². The van der Waals surface area contributed by atoms with Crippen molar-refractivity contribution in [2.24, 2.45) is 5.92 Å². The maximum Gasteiger partial charge on any atom is 0.236 e. The molecular weight excluding hydrogens is 280 g/mol. The van der Waals surface area contributed by atoms with E-state index in [4.69, 9.17) is 0 Å². The summed E-state index contributed by atoms with van der Waals surface area (Å²) < 4.78 is 0. The molecule has 21 heavy (non-hydrogen) atoms. The Kier molecular flexibility index (Phi) is 5.31. The molecule has 0 aromatic carbocycles. The van der Waals surface area contributed by atoms with Gasteiger partial charge in [-0.3, -0.25) is 4.79 Å². The minimum Gasteiger partial charge on any atom is -0.337 e. The van der Waals surface area contributed by atoms with Crippen LogP contribution in [0.4, 0.5) is 0 Å². The zero-order valence-corrected chi connectivity index (χ0v) is 13.6. The normalized spacial score (nSPS) is 19.5. The van der Waals surface area contributed by atoms with Crippen molar-refractivity contribution in [1.82, 2.24) is 10.2 Å². The summed E-state index contributed by atoms with van der Waals surface area (Å²) in [7, 11) is 0. The molecule has 2 heterocycles. The zero-order valence-electron chi connectivity index (χ0n) is 12.8. The topological polar surface area (TPSA) is 32.3 Å². The smallest absolute Gasteiger partial charge is 0.236 e. The van der Waals surface area contributed by atoms with E-state index in [1.54, 1.807) is 0 Å². The highest BCUT2D eigenvalue weighted by Crippen LogP contribution is 2.26. The number of nitrogens with one attached hydrogen (secondary N) is 1. The molecule has 0 atom stereocenters. The first-order valence-corrected chi connectivity index (χ1v) is 9.24. The van der Waals surface area contributed by atoms with Gasteiger partial charge in [0.15, 0.2) is 0 Å². The summed E-state index contributed by atoms with van der Waals surface area (Å²) in [6, 6.07) is 2.16. The van der Waals surface area contributed by atoms with Crippen LogP contribution in [0.5, 0.6) is 0 Å². The lowest BCUT2D eigenvalue weighted by atomic mass is 9.87. The predicted molar refractivity (Wildman–Crippen MR) is 87.5 cm³/mol. The highest BCUT2D eigenvalue weighted by molar-refractivity contribution is 7.10. The second-order valence-corrected chi connectivity index (χ2v) is 7.40. The minimum absolute atomic E-state index is 0.260. The van der Waals surface area contributed by atoms with Gasteiger partial charge in [-0.15, -0.1) is 11.3 Å². The average Bonchev–Trinajstić information content (AvgIpc) is 3.00. The standard InChI is InChI=1S/C17H26N2OS/c20-17(12-18-9-6-14-4-2-1-3-5-14)19-10-7-16-15(13-19)8-11-21-16/h8,11,14,18H,1-7,9-10,12-13H2. The molecular formula is C17H26N2OS. The molecule has 4 heteroatoms. The van der Waals surface area contributed by atoms with Gasteiger partial charge in [0.1, 0.15) is 0 Å². The number of hydrogen-bond donors (Lipinski definition) is 1. The van der Waals surface area contributed by atoms with Crippen LogP contribution in [0.15, 0.2) is 11.4 Å². The summed E-state index contributed by atoms with van der Waals surface area (Å²) in [6.45, 7) is 3.19. The Balaban J connectivity index is 1.35. The van der Waals surface area contributed by atoms with Crippen LogP contribution in [0.1, 0.15) is 49.0 Å². The first-order chi connectivity index (χ1) is 10.3. The first kappa shape index (κ1) is 15.0. The van der Waals surface area contributed by atoms with E-state index in [9.17, 15) is 4.79 Å². The zero-order chi connectivity index (χ0) is 14.5. The molecule has 0 unspecified atom stereocenters. The molecule has 0 radical (unpaired) electrons. The molecule has 116 valence electrons. The Hall–Kier alpha value is -0.870. The van der Waals surface area contributed by atoms with Crippen LogP contribution in [-0.2, 0) is 17.8 Å². The Morgan fingerprint density at radius 2 is 2.19 bits per heavy atom. The molecule has 0 bridgehead atoms. The van der Waals surface area contributed by atoms with E-state index >= 15 is 0 Å². The number of thiophene rings is 1. The van der Waals surface area contributed by atoms with Crippen molar-refractivity contribution < 1.29 is 4.79 Å². The summed E-state index contributed by atoms with van der Waals surface area (Å²) in [6.07, 6.45) is 9.27. The van der Waals surface area contributed by atoms with E-state index in [-0.39, 0.29) is 5.91 Å². The van der Waals surface area contributed by atoms with Crippen LogP contribution in [0, 0.1) is 5.92 Å². The van der Waals surface area contributed by atoms with Crippen LogP contribution in [0.3, 0.4) is 0 Å². The molecule has 3 rings (SSSR count). The summed E-state index contributed by atoms with van der Waals surface area (Å²) in [5.41, 5.74) is 1.35. The number of carbonyl (C=O) groups excluding carboxylic acids is 1. The van der Waals surface area contributed by atoms with Crippen molar-refractivity contribution in [3.63, 3.8) is 0 Å². The Bertz CT molecular complexity index is 465. The SMILES string of the molecule is O=C(CNCCC1CCCCC1)N1CCc2sccc2C1. The predicted octanol–water partition coefficient (Wildman–Crippen LogP) is 3.19. The first-order valence-electron chi connectivity index (χ1n) is 8.36. The molecule has 1 saturated carbocycles. The Morgan fingerprint density at radius 3 is 3.05 bits per heavy atom. The largest absolute Gasteiger partial charge is 0.337 e. The van der Waals surface area contributed by atoms with Gasteiger partial charge >= 0.3 is 0 Å². The lowest BCUT2D eigenvalue weighted by Crippen LogP contribution is -2.41. The van der Waals surface area contributed by atoms with Crippen molar-refractivity contribution in [3.8, 4) is 0 Å². The maximum atomic E-state index is 12.2. The number of hydrogen-bond acceptors (Lipinski definition) is 3. The summed E-state index contributed by atoms with van der Waals surface area (Å²) in [5, 5.41) is 5.50. The highest BCUT2D eigenvalue weighted by Gasteiger charge is 2.21. The fourth-order valence-electron chi connectivity index (χ4n) is 3.55. The van der Waals surface area contributed by atoms with Gasteiger partial charge in [0.2, 0.25) is 5.91 Å². The molecule has 2 aliphatic rings. The lowest BCUT2D eigenvalue weighted by molar-refractivity contribution is -0.131. The van der Waals surface area contributed by atoms with E-state index < -0.39 is 0 Å². The van der Waals surface area contributed by atoms with Crippen LogP contribution >= 0.6 is 11.3 Å². The van der Waals surface area contributed by atoms with E-state index in [2.05, 4.69) is 16.8 Å². The van der Waals surface area contributed by atoms with Gasteiger partial charge in [0, 0.05) is 18.0 Å². The summed E-state index contributed by atoms with van der Waals surface area (Å²) >= 11 is 1.82. The Labute approximate surface area is 131 Å². The molecule has 0 spiro atoms. The van der Waals surface area contributed by atoms with Gasteiger partial charge in [0.25, 0.3) is 0 Å². The van der Waals surface area contributed by atoms with Gasteiger partial charge < -0.3 is 10.2 Å². The van der Waals surface area contributed by atoms with Crippen LogP contribution in [0.25, 0.3) is 0 Å². The third-order valence-corrected chi connectivity index (χ3v) is 5.91. The molecule has 1 aromatic heterocycles.